The number of para-hydroxylation sites is 2. The highest BCUT2D eigenvalue weighted by Crippen LogP contribution is 2.63. The molecule has 7 rings (SSSR count). The van der Waals surface area contributed by atoms with Gasteiger partial charge in [-0.05, 0) is 94.0 Å². The number of hydrogen-bond donors (Lipinski definition) is 0. The Labute approximate surface area is 263 Å². The molecule has 0 saturated carbocycles. The number of nitrogens with zero attached hydrogens (tertiary/aromatic N) is 1. The lowest BCUT2D eigenvalue weighted by Crippen LogP contribution is -2.36. The molecule has 1 heterocycles. The van der Waals surface area contributed by atoms with Crippen LogP contribution in [-0.4, -0.2) is 33.5 Å². The molecule has 0 atom stereocenters. The molecule has 6 heteroatoms. The minimum Gasteiger partial charge on any atom is -0.491 e. The lowest BCUT2D eigenvalue weighted by Gasteiger charge is -2.45. The van der Waals surface area contributed by atoms with Crippen LogP contribution >= 0.6 is 31.9 Å². The van der Waals surface area contributed by atoms with Gasteiger partial charge in [-0.1, -0.05) is 80.4 Å². The highest BCUT2D eigenvalue weighted by atomic mass is 79.9. The van der Waals surface area contributed by atoms with E-state index < -0.39 is 5.41 Å². The van der Waals surface area contributed by atoms with E-state index in [0.717, 1.165) is 31.8 Å². The lowest BCUT2D eigenvalue weighted by molar-refractivity contribution is 0.0544. The quantitative estimate of drug-likeness (QED) is 0.150. The zero-order chi connectivity index (χ0) is 28.7. The third-order valence-electron chi connectivity index (χ3n) is 8.18. The number of ether oxygens (including phenoxy) is 3. The van der Waals surface area contributed by atoms with Gasteiger partial charge in [0.15, 0.2) is 0 Å². The van der Waals surface area contributed by atoms with E-state index in [9.17, 15) is 0 Å². The summed E-state index contributed by atoms with van der Waals surface area (Å²) in [5, 5.41) is 0. The summed E-state index contributed by atoms with van der Waals surface area (Å²) in [4.78, 5) is 2.38. The Kier molecular flexibility index (Phi) is 7.40. The summed E-state index contributed by atoms with van der Waals surface area (Å²) in [7, 11) is 1.67. The van der Waals surface area contributed by atoms with Crippen molar-refractivity contribution in [2.24, 2.45) is 0 Å². The minimum atomic E-state index is -0.465. The zero-order valence-electron chi connectivity index (χ0n) is 23.1. The van der Waals surface area contributed by atoms with Gasteiger partial charge >= 0.3 is 0 Å². The predicted octanol–water partition coefficient (Wildman–Crippen LogP) is 9.40. The van der Waals surface area contributed by atoms with Gasteiger partial charge in [0.1, 0.15) is 12.4 Å². The van der Waals surface area contributed by atoms with Gasteiger partial charge in [0.05, 0.1) is 36.6 Å². The lowest BCUT2D eigenvalue weighted by atomic mass is 9.64. The first kappa shape index (κ1) is 27.4. The van der Waals surface area contributed by atoms with Crippen LogP contribution in [0.15, 0.2) is 118 Å². The van der Waals surface area contributed by atoms with E-state index in [4.69, 9.17) is 14.2 Å². The molecule has 0 amide bonds. The standard InChI is InChI=1S/C36H29Br2NO3/c1-40-18-19-41-20-21-42-27-14-12-26(13-15-27)39-34-8-4-2-6-30(34)36(31-7-3-5-9-35(31)39)32-22-24(37)10-16-28(32)29-17-11-25(38)23-33(29)36/h2-17,22-23H,18-21H2,1H3. The second-order valence-electron chi connectivity index (χ2n) is 10.4. The molecule has 0 radical (unpaired) electrons. The first-order valence-corrected chi connectivity index (χ1v) is 15.6. The van der Waals surface area contributed by atoms with Crippen molar-refractivity contribution < 1.29 is 14.2 Å². The van der Waals surface area contributed by atoms with Crippen LogP contribution in [0.3, 0.4) is 0 Å². The van der Waals surface area contributed by atoms with E-state index in [1.54, 1.807) is 7.11 Å². The van der Waals surface area contributed by atoms with E-state index in [1.165, 1.54) is 33.4 Å². The maximum atomic E-state index is 5.95. The summed E-state index contributed by atoms with van der Waals surface area (Å²) >= 11 is 7.60. The first-order valence-electron chi connectivity index (χ1n) is 14.0. The van der Waals surface area contributed by atoms with Gasteiger partial charge in [-0.25, -0.2) is 0 Å². The summed E-state index contributed by atoms with van der Waals surface area (Å²) in [5.41, 5.74) is 10.6. The third-order valence-corrected chi connectivity index (χ3v) is 9.17. The van der Waals surface area contributed by atoms with Crippen LogP contribution in [0.4, 0.5) is 17.1 Å². The van der Waals surface area contributed by atoms with Crippen molar-refractivity contribution in [3.05, 3.63) is 140 Å². The molecule has 5 aromatic carbocycles. The number of methoxy groups -OCH3 is 1. The molecular weight excluding hydrogens is 654 g/mol. The molecule has 1 aliphatic carbocycles. The maximum absolute atomic E-state index is 5.95. The summed E-state index contributed by atoms with van der Waals surface area (Å²) < 4.78 is 18.7. The number of halogens is 2. The minimum absolute atomic E-state index is 0.465. The summed E-state index contributed by atoms with van der Waals surface area (Å²) in [6.45, 7) is 2.16. The van der Waals surface area contributed by atoms with Crippen molar-refractivity contribution in [1.29, 1.82) is 0 Å². The van der Waals surface area contributed by atoms with Crippen LogP contribution in [-0.2, 0) is 14.9 Å². The largest absolute Gasteiger partial charge is 0.491 e. The van der Waals surface area contributed by atoms with Gasteiger partial charge < -0.3 is 19.1 Å². The molecule has 5 aromatic rings. The maximum Gasteiger partial charge on any atom is 0.119 e. The summed E-state index contributed by atoms with van der Waals surface area (Å²) in [5.74, 6) is 0.817. The Morgan fingerprint density at radius 3 is 1.71 bits per heavy atom. The number of rotatable bonds is 8. The molecule has 42 heavy (non-hydrogen) atoms. The molecule has 0 N–H and O–H groups in total. The molecular formula is C36H29Br2NO3. The number of hydrogen-bond acceptors (Lipinski definition) is 4. The van der Waals surface area contributed by atoms with Crippen LogP contribution in [0.5, 0.6) is 5.75 Å². The first-order chi connectivity index (χ1) is 20.6. The van der Waals surface area contributed by atoms with Crippen molar-refractivity contribution >= 4 is 48.9 Å². The molecule has 0 unspecified atom stereocenters. The Bertz CT molecular complexity index is 1670. The van der Waals surface area contributed by atoms with Gasteiger partial charge in [-0.2, -0.15) is 0 Å². The van der Waals surface area contributed by atoms with E-state index >= 15 is 0 Å². The Morgan fingerprint density at radius 1 is 0.595 bits per heavy atom. The normalized spacial score (nSPS) is 13.8. The Balaban J connectivity index is 1.36. The van der Waals surface area contributed by atoms with Crippen LogP contribution in [0, 0.1) is 0 Å². The van der Waals surface area contributed by atoms with Crippen LogP contribution in [0.2, 0.25) is 0 Å². The molecule has 210 valence electrons. The van der Waals surface area contributed by atoms with Crippen LogP contribution in [0.1, 0.15) is 22.3 Å². The van der Waals surface area contributed by atoms with Crippen molar-refractivity contribution in [2.45, 2.75) is 5.41 Å². The van der Waals surface area contributed by atoms with Crippen molar-refractivity contribution in [3.63, 3.8) is 0 Å². The average molecular weight is 683 g/mol. The number of anilines is 3. The van der Waals surface area contributed by atoms with E-state index in [-0.39, 0.29) is 0 Å². The van der Waals surface area contributed by atoms with Gasteiger partial charge in [-0.3, -0.25) is 0 Å². The fourth-order valence-corrected chi connectivity index (χ4v) is 7.25. The van der Waals surface area contributed by atoms with Gasteiger partial charge in [0.2, 0.25) is 0 Å². The molecule has 2 aliphatic rings. The van der Waals surface area contributed by atoms with E-state index in [2.05, 4.69) is 134 Å². The van der Waals surface area contributed by atoms with Gasteiger partial charge in [0, 0.05) is 21.7 Å². The SMILES string of the molecule is COCCOCCOc1ccc(N2c3ccccc3C3(c4cc(Br)ccc4-c4ccc(Br)cc43)c3ccccc32)cc1. The number of fused-ring (bicyclic) bond motifs is 9. The third kappa shape index (κ3) is 4.40. The van der Waals surface area contributed by atoms with Gasteiger partial charge in [-0.15, -0.1) is 0 Å². The molecule has 0 saturated heterocycles. The zero-order valence-corrected chi connectivity index (χ0v) is 26.3. The highest BCUT2D eigenvalue weighted by molar-refractivity contribution is 9.10. The summed E-state index contributed by atoms with van der Waals surface area (Å²) in [6.07, 6.45) is 0. The molecule has 0 bridgehead atoms. The van der Waals surface area contributed by atoms with Crippen molar-refractivity contribution in [3.8, 4) is 16.9 Å². The molecule has 1 aliphatic heterocycles. The van der Waals surface area contributed by atoms with E-state index in [1.807, 2.05) is 12.1 Å². The molecule has 1 spiro atoms. The molecule has 0 fully saturated rings. The number of benzene rings is 5. The highest BCUT2D eigenvalue weighted by Gasteiger charge is 2.51. The topological polar surface area (TPSA) is 30.9 Å². The van der Waals surface area contributed by atoms with Crippen molar-refractivity contribution in [2.75, 3.05) is 38.4 Å². The predicted molar refractivity (Wildman–Crippen MR) is 176 cm³/mol. The monoisotopic (exact) mass is 681 g/mol. The second kappa shape index (κ2) is 11.3. The Hall–Kier alpha value is -3.42. The van der Waals surface area contributed by atoms with E-state index in [0.29, 0.717) is 26.4 Å². The fourth-order valence-electron chi connectivity index (χ4n) is 6.53. The van der Waals surface area contributed by atoms with Crippen LogP contribution < -0.4 is 9.64 Å². The average Bonchev–Trinajstić information content (AvgIpc) is 3.29. The summed E-state index contributed by atoms with van der Waals surface area (Å²) in [6, 6.07) is 39.4. The smallest absolute Gasteiger partial charge is 0.119 e. The van der Waals surface area contributed by atoms with Crippen LogP contribution in [0.25, 0.3) is 11.1 Å². The van der Waals surface area contributed by atoms with Crippen molar-refractivity contribution in [1.82, 2.24) is 0 Å². The molecule has 4 nitrogen and oxygen atoms in total. The Morgan fingerprint density at radius 2 is 1.14 bits per heavy atom. The fraction of sp³-hybridized carbons (Fsp3) is 0.167. The van der Waals surface area contributed by atoms with Gasteiger partial charge in [0.25, 0.3) is 0 Å². The molecule has 0 aromatic heterocycles. The second-order valence-corrected chi connectivity index (χ2v) is 12.3.